The highest BCUT2D eigenvalue weighted by Gasteiger charge is 2.27. The van der Waals surface area contributed by atoms with Gasteiger partial charge in [-0.3, -0.25) is 4.79 Å². The summed E-state index contributed by atoms with van der Waals surface area (Å²) < 4.78 is 24.5. The van der Waals surface area contributed by atoms with Crippen LogP contribution in [-0.4, -0.2) is 30.1 Å². The van der Waals surface area contributed by atoms with Crippen LogP contribution in [0.1, 0.15) is 6.92 Å². The molecule has 0 saturated carbocycles. The van der Waals surface area contributed by atoms with Crippen molar-refractivity contribution in [2.75, 3.05) is 13.2 Å². The van der Waals surface area contributed by atoms with Crippen molar-refractivity contribution in [3.8, 4) is 0 Å². The van der Waals surface area contributed by atoms with Gasteiger partial charge in [0.2, 0.25) is 5.91 Å². The van der Waals surface area contributed by atoms with Crippen LogP contribution in [0.2, 0.25) is 0 Å². The molecule has 0 aliphatic carbocycles. The fourth-order valence-electron chi connectivity index (χ4n) is 0.483. The molecule has 0 aromatic heterocycles. The molecule has 0 heterocycles. The van der Waals surface area contributed by atoms with Crippen molar-refractivity contribution < 1.29 is 18.7 Å². The van der Waals surface area contributed by atoms with Crippen molar-refractivity contribution >= 4 is 5.91 Å². The van der Waals surface area contributed by atoms with Crippen LogP contribution in [0.4, 0.5) is 8.78 Å². The van der Waals surface area contributed by atoms with E-state index in [2.05, 4.69) is 0 Å². The Kier molecular flexibility index (Phi) is 4.43. The van der Waals surface area contributed by atoms with Crippen molar-refractivity contribution in [1.82, 2.24) is 5.32 Å². The number of hydrogen-bond acceptors (Lipinski definition) is 2. The average Bonchev–Trinajstić information content (AvgIpc) is 2.02. The topological polar surface area (TPSA) is 49.3 Å². The van der Waals surface area contributed by atoms with E-state index in [0.29, 0.717) is 0 Å². The fourth-order valence-corrected chi connectivity index (χ4v) is 0.483. The average molecular weight is 179 g/mol. The summed E-state index contributed by atoms with van der Waals surface area (Å²) in [5.74, 6) is -3.83. The van der Waals surface area contributed by atoms with E-state index in [1.54, 1.807) is 6.92 Å². The van der Waals surface area contributed by atoms with Gasteiger partial charge in [-0.2, -0.15) is 0 Å². The number of alkyl halides is 2. The number of carbonyl (C=O) groups is 1. The molecule has 5 heteroatoms. The Morgan fingerprint density at radius 2 is 2.25 bits per heavy atom. The van der Waals surface area contributed by atoms with Gasteiger partial charge in [0, 0.05) is 0 Å². The number of hydrogen-bond donors (Lipinski definition) is 2. The Hall–Kier alpha value is -0.970. The second-order valence-corrected chi connectivity index (χ2v) is 2.23. The zero-order chi connectivity index (χ0) is 9.61. The van der Waals surface area contributed by atoms with Gasteiger partial charge in [0.15, 0.2) is 0 Å². The van der Waals surface area contributed by atoms with Crippen molar-refractivity contribution in [2.45, 2.75) is 12.8 Å². The molecule has 0 unspecified atom stereocenters. The van der Waals surface area contributed by atoms with Crippen molar-refractivity contribution in [3.05, 3.63) is 12.2 Å². The first-order valence-corrected chi connectivity index (χ1v) is 3.41. The van der Waals surface area contributed by atoms with Gasteiger partial charge in [0.25, 0.3) is 5.92 Å². The summed E-state index contributed by atoms with van der Waals surface area (Å²) in [6.45, 7) is -0.500. The Balaban J connectivity index is 3.75. The number of halogens is 2. The summed E-state index contributed by atoms with van der Waals surface area (Å²) in [7, 11) is 0. The van der Waals surface area contributed by atoms with Crippen LogP contribution in [0.3, 0.4) is 0 Å². The van der Waals surface area contributed by atoms with Gasteiger partial charge in [-0.25, -0.2) is 8.78 Å². The summed E-state index contributed by atoms with van der Waals surface area (Å²) in [4.78, 5) is 10.6. The van der Waals surface area contributed by atoms with Gasteiger partial charge in [-0.1, -0.05) is 6.08 Å². The molecule has 0 spiro atoms. The zero-order valence-electron chi connectivity index (χ0n) is 6.68. The zero-order valence-corrected chi connectivity index (χ0v) is 6.68. The van der Waals surface area contributed by atoms with E-state index >= 15 is 0 Å². The lowest BCUT2D eigenvalue weighted by Crippen LogP contribution is -2.38. The van der Waals surface area contributed by atoms with E-state index in [1.807, 2.05) is 5.32 Å². The predicted octanol–water partition coefficient (Wildman–Crippen LogP) is 0.306. The quantitative estimate of drug-likeness (QED) is 0.610. The Bertz CT molecular complexity index is 180. The lowest BCUT2D eigenvalue weighted by Gasteiger charge is -2.12. The van der Waals surface area contributed by atoms with Gasteiger partial charge in [0.05, 0.1) is 6.54 Å². The molecular weight excluding hydrogens is 168 g/mol. The SMILES string of the molecule is C/C=C/C(=O)NCC(F)(F)CO. The largest absolute Gasteiger partial charge is 0.390 e. The number of nitrogens with one attached hydrogen (secondary N) is 1. The van der Waals surface area contributed by atoms with E-state index in [0.717, 1.165) is 6.08 Å². The third kappa shape index (κ3) is 4.79. The summed E-state index contributed by atoms with van der Waals surface area (Å²) >= 11 is 0. The van der Waals surface area contributed by atoms with E-state index < -0.39 is 25.0 Å². The lowest BCUT2D eigenvalue weighted by molar-refractivity contribution is -0.119. The highest BCUT2D eigenvalue weighted by molar-refractivity contribution is 5.87. The van der Waals surface area contributed by atoms with E-state index in [4.69, 9.17) is 5.11 Å². The Morgan fingerprint density at radius 3 is 2.67 bits per heavy atom. The molecule has 1 amide bonds. The third-order valence-electron chi connectivity index (χ3n) is 1.07. The maximum atomic E-state index is 12.3. The number of allylic oxidation sites excluding steroid dienone is 1. The molecule has 0 fully saturated rings. The number of carbonyl (C=O) groups excluding carboxylic acids is 1. The molecule has 3 nitrogen and oxygen atoms in total. The molecular formula is C7H11F2NO2. The van der Waals surface area contributed by atoms with Gasteiger partial charge >= 0.3 is 0 Å². The smallest absolute Gasteiger partial charge is 0.287 e. The molecule has 0 bridgehead atoms. The molecule has 0 aromatic carbocycles. The van der Waals surface area contributed by atoms with Crippen LogP contribution in [0.5, 0.6) is 0 Å². The molecule has 70 valence electrons. The number of aliphatic hydroxyl groups excluding tert-OH is 1. The standard InChI is InChI=1S/C7H11F2NO2/c1-2-3-6(12)10-4-7(8,9)5-11/h2-3,11H,4-5H2,1H3,(H,10,12)/b3-2+. The van der Waals surface area contributed by atoms with Crippen LogP contribution in [0.15, 0.2) is 12.2 Å². The lowest BCUT2D eigenvalue weighted by atomic mass is 10.3. The highest BCUT2D eigenvalue weighted by Crippen LogP contribution is 2.09. The number of aliphatic hydroxyl groups is 1. The second kappa shape index (κ2) is 4.82. The molecule has 0 aliphatic heterocycles. The molecule has 0 rings (SSSR count). The number of rotatable bonds is 4. The third-order valence-corrected chi connectivity index (χ3v) is 1.07. The van der Waals surface area contributed by atoms with Gasteiger partial charge < -0.3 is 10.4 Å². The van der Waals surface area contributed by atoms with Gasteiger partial charge in [-0.05, 0) is 13.0 Å². The van der Waals surface area contributed by atoms with Crippen LogP contribution in [0, 0.1) is 0 Å². The first-order chi connectivity index (χ1) is 5.52. The molecule has 12 heavy (non-hydrogen) atoms. The van der Waals surface area contributed by atoms with E-state index in [-0.39, 0.29) is 0 Å². The summed E-state index contributed by atoms with van der Waals surface area (Å²) in [5.41, 5.74) is 0. The summed E-state index contributed by atoms with van der Waals surface area (Å²) in [5, 5.41) is 10.1. The Labute approximate surface area is 69.1 Å². The van der Waals surface area contributed by atoms with Crippen LogP contribution < -0.4 is 5.32 Å². The van der Waals surface area contributed by atoms with Crippen LogP contribution in [-0.2, 0) is 4.79 Å². The minimum absolute atomic E-state index is 0.592. The molecule has 0 saturated heterocycles. The molecule has 0 aromatic rings. The van der Waals surface area contributed by atoms with Gasteiger partial charge in [0.1, 0.15) is 6.61 Å². The minimum atomic E-state index is -3.24. The van der Waals surface area contributed by atoms with Gasteiger partial charge in [-0.15, -0.1) is 0 Å². The van der Waals surface area contributed by atoms with Crippen molar-refractivity contribution in [2.24, 2.45) is 0 Å². The van der Waals surface area contributed by atoms with Crippen LogP contribution >= 0.6 is 0 Å². The van der Waals surface area contributed by atoms with Crippen molar-refractivity contribution in [3.63, 3.8) is 0 Å². The van der Waals surface area contributed by atoms with Crippen molar-refractivity contribution in [1.29, 1.82) is 0 Å². The normalized spacial score (nSPS) is 12.0. The minimum Gasteiger partial charge on any atom is -0.390 e. The second-order valence-electron chi connectivity index (χ2n) is 2.23. The maximum Gasteiger partial charge on any atom is 0.287 e. The molecule has 2 N–H and O–H groups in total. The van der Waals surface area contributed by atoms with E-state index in [1.165, 1.54) is 6.08 Å². The first-order valence-electron chi connectivity index (χ1n) is 3.41. The molecule has 0 aliphatic rings. The maximum absolute atomic E-state index is 12.3. The molecule has 0 atom stereocenters. The Morgan fingerprint density at radius 1 is 1.67 bits per heavy atom. The first kappa shape index (κ1) is 11.0. The monoisotopic (exact) mass is 179 g/mol. The highest BCUT2D eigenvalue weighted by atomic mass is 19.3. The van der Waals surface area contributed by atoms with Crippen LogP contribution in [0.25, 0.3) is 0 Å². The summed E-state index contributed by atoms with van der Waals surface area (Å²) in [6.07, 6.45) is 2.57. The molecule has 0 radical (unpaired) electrons. The fraction of sp³-hybridized carbons (Fsp3) is 0.571. The predicted molar refractivity (Wildman–Crippen MR) is 39.9 cm³/mol. The number of amides is 1. The summed E-state index contributed by atoms with van der Waals surface area (Å²) in [6, 6.07) is 0. The van der Waals surface area contributed by atoms with E-state index in [9.17, 15) is 13.6 Å².